The van der Waals surface area contributed by atoms with Crippen LogP contribution in [-0.2, 0) is 6.54 Å². The molecular weight excluding hydrogens is 176 g/mol. The van der Waals surface area contributed by atoms with Crippen molar-refractivity contribution in [3.05, 3.63) is 29.6 Å². The monoisotopic (exact) mass is 194 g/mol. The molecule has 0 aliphatic carbocycles. The number of aliphatic hydroxyl groups is 1. The number of aryl methyl sites for hydroxylation is 1. The maximum Gasteiger partial charge on any atom is 0.0570 e. The molecule has 0 bridgehead atoms. The summed E-state index contributed by atoms with van der Waals surface area (Å²) < 4.78 is 0. The van der Waals surface area contributed by atoms with E-state index in [-0.39, 0.29) is 6.61 Å². The standard InChI is InChI=1S/C11H18N2O/c1-9-4-3-6-12-11(9)8-13-10(2)5-7-14/h3-4,6,10,13-14H,5,7-8H2,1-2H3/t10-/m1/s1. The van der Waals surface area contributed by atoms with Crippen molar-refractivity contribution < 1.29 is 5.11 Å². The number of hydrogen-bond donors (Lipinski definition) is 2. The maximum atomic E-state index is 8.73. The van der Waals surface area contributed by atoms with E-state index in [4.69, 9.17) is 5.11 Å². The largest absolute Gasteiger partial charge is 0.396 e. The molecule has 0 saturated heterocycles. The van der Waals surface area contributed by atoms with Crippen LogP contribution in [0.4, 0.5) is 0 Å². The van der Waals surface area contributed by atoms with Gasteiger partial charge in [-0.1, -0.05) is 6.07 Å². The lowest BCUT2D eigenvalue weighted by Crippen LogP contribution is -2.27. The van der Waals surface area contributed by atoms with Crippen LogP contribution in [0.5, 0.6) is 0 Å². The van der Waals surface area contributed by atoms with Crippen molar-refractivity contribution in [2.24, 2.45) is 0 Å². The van der Waals surface area contributed by atoms with Crippen LogP contribution >= 0.6 is 0 Å². The van der Waals surface area contributed by atoms with Gasteiger partial charge in [-0.2, -0.15) is 0 Å². The number of hydrogen-bond acceptors (Lipinski definition) is 3. The first kappa shape index (κ1) is 11.1. The van der Waals surface area contributed by atoms with E-state index in [9.17, 15) is 0 Å². The quantitative estimate of drug-likeness (QED) is 0.741. The van der Waals surface area contributed by atoms with Gasteiger partial charge in [-0.25, -0.2) is 0 Å². The summed E-state index contributed by atoms with van der Waals surface area (Å²) in [7, 11) is 0. The minimum absolute atomic E-state index is 0.232. The van der Waals surface area contributed by atoms with Crippen molar-refractivity contribution in [3.63, 3.8) is 0 Å². The fourth-order valence-electron chi connectivity index (χ4n) is 1.27. The van der Waals surface area contributed by atoms with Gasteiger partial charge in [-0.3, -0.25) is 4.98 Å². The average molecular weight is 194 g/mol. The van der Waals surface area contributed by atoms with Gasteiger partial charge in [0.1, 0.15) is 0 Å². The van der Waals surface area contributed by atoms with Crippen LogP contribution in [0.1, 0.15) is 24.6 Å². The molecule has 1 aromatic rings. The normalized spacial score (nSPS) is 12.8. The minimum Gasteiger partial charge on any atom is -0.396 e. The van der Waals surface area contributed by atoms with Gasteiger partial charge >= 0.3 is 0 Å². The number of nitrogens with one attached hydrogen (secondary N) is 1. The molecule has 14 heavy (non-hydrogen) atoms. The van der Waals surface area contributed by atoms with Crippen LogP contribution in [0, 0.1) is 6.92 Å². The fourth-order valence-corrected chi connectivity index (χ4v) is 1.27. The summed E-state index contributed by atoms with van der Waals surface area (Å²) in [6.45, 7) is 5.12. The van der Waals surface area contributed by atoms with Crippen molar-refractivity contribution in [2.45, 2.75) is 32.9 Å². The molecule has 1 atom stereocenters. The minimum atomic E-state index is 0.232. The third-order valence-corrected chi connectivity index (χ3v) is 2.30. The molecule has 0 spiro atoms. The molecule has 0 aliphatic heterocycles. The topological polar surface area (TPSA) is 45.2 Å². The molecule has 0 aromatic carbocycles. The molecule has 1 aromatic heterocycles. The van der Waals surface area contributed by atoms with Crippen molar-refractivity contribution >= 4 is 0 Å². The van der Waals surface area contributed by atoms with Gasteiger partial charge in [-0.05, 0) is 31.9 Å². The Morgan fingerprint density at radius 1 is 1.57 bits per heavy atom. The molecule has 3 heteroatoms. The van der Waals surface area contributed by atoms with Crippen LogP contribution in [0.3, 0.4) is 0 Å². The zero-order valence-corrected chi connectivity index (χ0v) is 8.83. The summed E-state index contributed by atoms with van der Waals surface area (Å²) in [5.74, 6) is 0. The maximum absolute atomic E-state index is 8.73. The Morgan fingerprint density at radius 3 is 3.00 bits per heavy atom. The van der Waals surface area contributed by atoms with Crippen molar-refractivity contribution in [1.82, 2.24) is 10.3 Å². The zero-order valence-electron chi connectivity index (χ0n) is 8.83. The summed E-state index contributed by atoms with van der Waals surface area (Å²) >= 11 is 0. The third kappa shape index (κ3) is 3.44. The zero-order chi connectivity index (χ0) is 10.4. The molecular formula is C11H18N2O. The van der Waals surface area contributed by atoms with Crippen LogP contribution in [0.2, 0.25) is 0 Å². The summed E-state index contributed by atoms with van der Waals surface area (Å²) in [4.78, 5) is 4.29. The highest BCUT2D eigenvalue weighted by Crippen LogP contribution is 2.03. The molecule has 1 heterocycles. The van der Waals surface area contributed by atoms with Gasteiger partial charge in [0.25, 0.3) is 0 Å². The molecule has 78 valence electrons. The first-order valence-corrected chi connectivity index (χ1v) is 4.98. The molecule has 0 radical (unpaired) electrons. The number of pyridine rings is 1. The summed E-state index contributed by atoms with van der Waals surface area (Å²) in [6, 6.07) is 4.33. The molecule has 0 unspecified atom stereocenters. The van der Waals surface area contributed by atoms with Crippen LogP contribution < -0.4 is 5.32 Å². The molecule has 0 aliphatic rings. The second-order valence-electron chi connectivity index (χ2n) is 3.56. The Hall–Kier alpha value is -0.930. The van der Waals surface area contributed by atoms with Crippen molar-refractivity contribution in [1.29, 1.82) is 0 Å². The van der Waals surface area contributed by atoms with Crippen molar-refractivity contribution in [2.75, 3.05) is 6.61 Å². The van der Waals surface area contributed by atoms with Gasteiger partial charge in [0.2, 0.25) is 0 Å². The van der Waals surface area contributed by atoms with Gasteiger partial charge < -0.3 is 10.4 Å². The Bertz CT molecular complexity index is 276. The van der Waals surface area contributed by atoms with Gasteiger partial charge in [0.05, 0.1) is 5.69 Å². The highest BCUT2D eigenvalue weighted by atomic mass is 16.3. The highest BCUT2D eigenvalue weighted by Gasteiger charge is 2.02. The SMILES string of the molecule is Cc1cccnc1CN[C@H](C)CCO. The van der Waals surface area contributed by atoms with Gasteiger partial charge in [0.15, 0.2) is 0 Å². The molecule has 0 saturated carbocycles. The number of rotatable bonds is 5. The number of nitrogens with zero attached hydrogens (tertiary/aromatic N) is 1. The smallest absolute Gasteiger partial charge is 0.0570 e. The van der Waals surface area contributed by atoms with Crippen LogP contribution in [0.15, 0.2) is 18.3 Å². The molecule has 0 amide bonds. The van der Waals surface area contributed by atoms with E-state index in [2.05, 4.69) is 30.2 Å². The van der Waals surface area contributed by atoms with E-state index in [0.29, 0.717) is 6.04 Å². The predicted octanol–water partition coefficient (Wildman–Crippen LogP) is 1.25. The van der Waals surface area contributed by atoms with Gasteiger partial charge in [0, 0.05) is 25.4 Å². The first-order chi connectivity index (χ1) is 6.74. The Kier molecular flexibility index (Phi) is 4.56. The average Bonchev–Trinajstić information content (AvgIpc) is 2.17. The third-order valence-electron chi connectivity index (χ3n) is 2.30. The Morgan fingerprint density at radius 2 is 2.36 bits per heavy atom. The van der Waals surface area contributed by atoms with E-state index in [1.165, 1.54) is 5.56 Å². The van der Waals surface area contributed by atoms with Crippen LogP contribution in [-0.4, -0.2) is 22.7 Å². The molecule has 1 rings (SSSR count). The van der Waals surface area contributed by atoms with Crippen molar-refractivity contribution in [3.8, 4) is 0 Å². The molecule has 0 fully saturated rings. The van der Waals surface area contributed by atoms with E-state index in [0.717, 1.165) is 18.7 Å². The molecule has 3 nitrogen and oxygen atoms in total. The Labute approximate surface area is 85.2 Å². The Balaban J connectivity index is 2.41. The van der Waals surface area contributed by atoms with Crippen LogP contribution in [0.25, 0.3) is 0 Å². The first-order valence-electron chi connectivity index (χ1n) is 4.98. The van der Waals surface area contributed by atoms with Gasteiger partial charge in [-0.15, -0.1) is 0 Å². The van der Waals surface area contributed by atoms with E-state index < -0.39 is 0 Å². The van der Waals surface area contributed by atoms with E-state index in [1.54, 1.807) is 6.20 Å². The summed E-state index contributed by atoms with van der Waals surface area (Å²) in [5.41, 5.74) is 2.29. The highest BCUT2D eigenvalue weighted by molar-refractivity contribution is 5.17. The molecule has 2 N–H and O–H groups in total. The number of aliphatic hydroxyl groups excluding tert-OH is 1. The summed E-state index contributed by atoms with van der Waals surface area (Å²) in [5, 5.41) is 12.1. The lowest BCUT2D eigenvalue weighted by Gasteiger charge is -2.12. The number of aromatic nitrogens is 1. The lowest BCUT2D eigenvalue weighted by atomic mass is 10.2. The second kappa shape index (κ2) is 5.73. The van der Waals surface area contributed by atoms with E-state index >= 15 is 0 Å². The van der Waals surface area contributed by atoms with E-state index in [1.807, 2.05) is 6.07 Å². The summed E-state index contributed by atoms with van der Waals surface area (Å²) in [6.07, 6.45) is 2.59. The fraction of sp³-hybridized carbons (Fsp3) is 0.545. The second-order valence-corrected chi connectivity index (χ2v) is 3.56. The lowest BCUT2D eigenvalue weighted by molar-refractivity contribution is 0.268. The predicted molar refractivity (Wildman–Crippen MR) is 57.0 cm³/mol.